The average Bonchev–Trinajstić information content (AvgIpc) is 3.31. The Morgan fingerprint density at radius 2 is 1.67 bits per heavy atom. The number of imide groups is 1. The second-order valence-corrected chi connectivity index (χ2v) is 7.59. The predicted octanol–water partition coefficient (Wildman–Crippen LogP) is 3.18. The Bertz CT molecular complexity index is 1390. The van der Waals surface area contributed by atoms with Crippen molar-refractivity contribution in [3.8, 4) is 22.8 Å². The number of amides is 2. The van der Waals surface area contributed by atoms with Gasteiger partial charge >= 0.3 is 0 Å². The van der Waals surface area contributed by atoms with Crippen LogP contribution < -0.4 is 10.5 Å². The van der Waals surface area contributed by atoms with E-state index in [9.17, 15) is 9.59 Å². The summed E-state index contributed by atoms with van der Waals surface area (Å²) in [7, 11) is 0. The first-order chi connectivity index (χ1) is 16.0. The molecular weight excluding hydrogens is 420 g/mol. The van der Waals surface area contributed by atoms with Crippen molar-refractivity contribution >= 4 is 28.7 Å². The molecule has 0 radical (unpaired) electrons. The first-order valence-corrected chi connectivity index (χ1v) is 10.4. The van der Waals surface area contributed by atoms with Crippen molar-refractivity contribution < 1.29 is 14.3 Å². The molecule has 0 atom stereocenters. The number of para-hydroxylation sites is 1. The summed E-state index contributed by atoms with van der Waals surface area (Å²) in [5.41, 5.74) is 8.55. The van der Waals surface area contributed by atoms with Gasteiger partial charge in [-0.25, -0.2) is 14.6 Å². The van der Waals surface area contributed by atoms with Gasteiger partial charge in [-0.05, 0) is 43.3 Å². The number of nitrogen functional groups attached to an aromatic ring is 1. The molecule has 2 N–H and O–H groups in total. The van der Waals surface area contributed by atoms with Crippen LogP contribution in [-0.2, 0) is 16.1 Å². The van der Waals surface area contributed by atoms with Crippen molar-refractivity contribution in [2.45, 2.75) is 13.5 Å². The molecule has 4 aromatic rings. The van der Waals surface area contributed by atoms with E-state index in [0.717, 1.165) is 11.3 Å². The molecule has 9 nitrogen and oxygen atoms in total. The van der Waals surface area contributed by atoms with Crippen LogP contribution in [0.4, 0.5) is 5.82 Å². The highest BCUT2D eigenvalue weighted by atomic mass is 16.5. The van der Waals surface area contributed by atoms with E-state index in [-0.39, 0.29) is 24.9 Å². The second kappa shape index (κ2) is 8.19. The number of rotatable bonds is 6. The number of ether oxygens (including phenoxy) is 1. The SMILES string of the molecule is CC1=CC(=O)N(CCn2nc(-c3ccc(Oc4ccccc4)cc3)c3c(N)ncnc32)C1=O. The van der Waals surface area contributed by atoms with Crippen LogP contribution in [-0.4, -0.2) is 43.0 Å². The zero-order valence-electron chi connectivity index (χ0n) is 17.8. The Morgan fingerprint density at radius 1 is 0.939 bits per heavy atom. The van der Waals surface area contributed by atoms with Crippen LogP contribution in [0.3, 0.4) is 0 Å². The molecule has 0 saturated carbocycles. The van der Waals surface area contributed by atoms with E-state index in [0.29, 0.717) is 33.9 Å². The maximum atomic E-state index is 12.2. The number of hydrogen-bond acceptors (Lipinski definition) is 7. The van der Waals surface area contributed by atoms with Gasteiger partial charge in [0, 0.05) is 23.8 Å². The van der Waals surface area contributed by atoms with Gasteiger partial charge in [-0.1, -0.05) is 18.2 Å². The summed E-state index contributed by atoms with van der Waals surface area (Å²) < 4.78 is 7.50. The van der Waals surface area contributed by atoms with Crippen molar-refractivity contribution in [3.05, 3.63) is 72.6 Å². The summed E-state index contributed by atoms with van der Waals surface area (Å²) in [5, 5.41) is 5.30. The van der Waals surface area contributed by atoms with Crippen molar-refractivity contribution in [2.75, 3.05) is 12.3 Å². The van der Waals surface area contributed by atoms with Gasteiger partial charge in [0.25, 0.3) is 11.8 Å². The minimum Gasteiger partial charge on any atom is -0.457 e. The van der Waals surface area contributed by atoms with Crippen molar-refractivity contribution in [1.82, 2.24) is 24.6 Å². The normalized spacial score (nSPS) is 13.6. The zero-order chi connectivity index (χ0) is 22.9. The molecule has 2 amide bonds. The lowest BCUT2D eigenvalue weighted by Crippen LogP contribution is -2.34. The fourth-order valence-corrected chi connectivity index (χ4v) is 3.74. The number of nitrogens with two attached hydrogens (primary N) is 1. The molecule has 1 aliphatic rings. The van der Waals surface area contributed by atoms with E-state index in [1.54, 1.807) is 11.6 Å². The number of anilines is 1. The third kappa shape index (κ3) is 3.80. The molecule has 0 bridgehead atoms. The Labute approximate surface area is 189 Å². The molecule has 0 spiro atoms. The van der Waals surface area contributed by atoms with Gasteiger partial charge in [-0.15, -0.1) is 0 Å². The number of fused-ring (bicyclic) bond motifs is 1. The summed E-state index contributed by atoms with van der Waals surface area (Å²) in [6.07, 6.45) is 2.71. The predicted molar refractivity (Wildman–Crippen MR) is 122 cm³/mol. The van der Waals surface area contributed by atoms with Gasteiger partial charge in [0.15, 0.2) is 5.65 Å². The topological polar surface area (TPSA) is 116 Å². The van der Waals surface area contributed by atoms with Crippen LogP contribution in [0.2, 0.25) is 0 Å². The smallest absolute Gasteiger partial charge is 0.256 e. The number of carbonyl (C=O) groups is 2. The number of carbonyl (C=O) groups excluding carboxylic acids is 2. The van der Waals surface area contributed by atoms with Gasteiger partial charge in [-0.3, -0.25) is 14.5 Å². The van der Waals surface area contributed by atoms with Gasteiger partial charge in [-0.2, -0.15) is 5.10 Å². The molecule has 0 fully saturated rings. The molecule has 1 aliphatic heterocycles. The van der Waals surface area contributed by atoms with E-state index < -0.39 is 0 Å². The monoisotopic (exact) mass is 440 g/mol. The molecule has 33 heavy (non-hydrogen) atoms. The maximum Gasteiger partial charge on any atom is 0.256 e. The van der Waals surface area contributed by atoms with Crippen LogP contribution in [0.1, 0.15) is 6.92 Å². The lowest BCUT2D eigenvalue weighted by Gasteiger charge is -2.14. The molecule has 5 rings (SSSR count). The number of nitrogens with zero attached hydrogens (tertiary/aromatic N) is 5. The van der Waals surface area contributed by atoms with Gasteiger partial charge in [0.05, 0.1) is 11.9 Å². The van der Waals surface area contributed by atoms with E-state index in [2.05, 4.69) is 9.97 Å². The van der Waals surface area contributed by atoms with Crippen molar-refractivity contribution in [2.24, 2.45) is 0 Å². The summed E-state index contributed by atoms with van der Waals surface area (Å²) in [6, 6.07) is 17.0. The van der Waals surface area contributed by atoms with Gasteiger partial charge in [0.1, 0.15) is 29.3 Å². The van der Waals surface area contributed by atoms with E-state index in [1.807, 2.05) is 54.6 Å². The lowest BCUT2D eigenvalue weighted by molar-refractivity contribution is -0.137. The Kier molecular flexibility index (Phi) is 5.06. The quantitative estimate of drug-likeness (QED) is 0.458. The van der Waals surface area contributed by atoms with Crippen LogP contribution >= 0.6 is 0 Å². The summed E-state index contributed by atoms with van der Waals surface area (Å²) in [6.45, 7) is 2.08. The molecule has 3 heterocycles. The largest absolute Gasteiger partial charge is 0.457 e. The number of benzene rings is 2. The van der Waals surface area contributed by atoms with Crippen molar-refractivity contribution in [1.29, 1.82) is 0 Å². The first kappa shape index (κ1) is 20.4. The highest BCUT2D eigenvalue weighted by Crippen LogP contribution is 2.32. The number of aromatic nitrogens is 4. The third-order valence-electron chi connectivity index (χ3n) is 5.39. The minimum atomic E-state index is -0.322. The third-order valence-corrected chi connectivity index (χ3v) is 5.39. The highest BCUT2D eigenvalue weighted by molar-refractivity contribution is 6.15. The Balaban J connectivity index is 1.44. The summed E-state index contributed by atoms with van der Waals surface area (Å²) in [5.74, 6) is 1.12. The Hall–Kier alpha value is -4.53. The number of hydrogen-bond donors (Lipinski definition) is 1. The molecule has 164 valence electrons. The molecular formula is C24H20N6O3. The molecule has 9 heteroatoms. The van der Waals surface area contributed by atoms with E-state index in [1.165, 1.54) is 17.3 Å². The first-order valence-electron chi connectivity index (χ1n) is 10.4. The summed E-state index contributed by atoms with van der Waals surface area (Å²) in [4.78, 5) is 33.9. The summed E-state index contributed by atoms with van der Waals surface area (Å²) >= 11 is 0. The zero-order valence-corrected chi connectivity index (χ0v) is 17.8. The maximum absolute atomic E-state index is 12.2. The molecule has 0 aliphatic carbocycles. The van der Waals surface area contributed by atoms with Crippen molar-refractivity contribution in [3.63, 3.8) is 0 Å². The van der Waals surface area contributed by atoms with Gasteiger partial charge in [0.2, 0.25) is 0 Å². The molecule has 0 unspecified atom stereocenters. The van der Waals surface area contributed by atoms with E-state index >= 15 is 0 Å². The van der Waals surface area contributed by atoms with Gasteiger partial charge < -0.3 is 10.5 Å². The van der Waals surface area contributed by atoms with Crippen LogP contribution in [0, 0.1) is 0 Å². The Morgan fingerprint density at radius 3 is 2.36 bits per heavy atom. The van der Waals surface area contributed by atoms with E-state index in [4.69, 9.17) is 15.6 Å². The molecule has 0 saturated heterocycles. The average molecular weight is 440 g/mol. The standard InChI is InChI=1S/C24H20N6O3/c1-15-13-19(31)29(24(15)32)11-12-30-23-20(22(25)26-14-27-23)21(28-30)16-7-9-18(10-8-16)33-17-5-3-2-4-6-17/h2-10,13-14H,11-12H2,1H3,(H2,25,26,27). The fraction of sp³-hybridized carbons (Fsp3) is 0.125. The van der Waals surface area contributed by atoms with Crippen LogP contribution in [0.5, 0.6) is 11.5 Å². The van der Waals surface area contributed by atoms with Crippen LogP contribution in [0.25, 0.3) is 22.3 Å². The molecule has 2 aromatic heterocycles. The highest BCUT2D eigenvalue weighted by Gasteiger charge is 2.28. The lowest BCUT2D eigenvalue weighted by atomic mass is 10.1. The van der Waals surface area contributed by atoms with Crippen LogP contribution in [0.15, 0.2) is 72.6 Å². The fourth-order valence-electron chi connectivity index (χ4n) is 3.74. The second-order valence-electron chi connectivity index (χ2n) is 7.59. The molecule has 2 aromatic carbocycles. The minimum absolute atomic E-state index is 0.176.